The molecule has 0 aromatic heterocycles. The van der Waals surface area contributed by atoms with Crippen LogP contribution in [0.3, 0.4) is 0 Å². The number of carbonyl (C=O) groups is 1. The van der Waals surface area contributed by atoms with Crippen molar-refractivity contribution < 1.29 is 17.9 Å². The van der Waals surface area contributed by atoms with Gasteiger partial charge < -0.3 is 15.4 Å². The molecule has 0 radical (unpaired) electrons. The molecule has 1 atom stereocenters. The zero-order chi connectivity index (χ0) is 19.3. The van der Waals surface area contributed by atoms with Crippen molar-refractivity contribution in [2.45, 2.75) is 17.9 Å². The fourth-order valence-electron chi connectivity index (χ4n) is 2.20. The lowest BCUT2D eigenvalue weighted by Gasteiger charge is -2.16. The highest BCUT2D eigenvalue weighted by atomic mass is 32.2. The first-order chi connectivity index (χ1) is 12.2. The predicted octanol–water partition coefficient (Wildman–Crippen LogP) is 2.38. The molecule has 0 saturated heterocycles. The van der Waals surface area contributed by atoms with Gasteiger partial charge in [-0.1, -0.05) is 6.07 Å². The number of hydrogen-bond donors (Lipinski definition) is 2. The van der Waals surface area contributed by atoms with E-state index in [0.717, 1.165) is 15.7 Å². The van der Waals surface area contributed by atoms with Gasteiger partial charge in [0.2, 0.25) is 15.9 Å². The van der Waals surface area contributed by atoms with Gasteiger partial charge in [0.15, 0.2) is 0 Å². The molecule has 8 heteroatoms. The normalized spacial score (nSPS) is 12.5. The molecular weight excluding hydrogens is 354 g/mol. The van der Waals surface area contributed by atoms with Crippen molar-refractivity contribution in [1.29, 1.82) is 0 Å². The van der Waals surface area contributed by atoms with E-state index >= 15 is 0 Å². The Kier molecular flexibility index (Phi) is 6.23. The van der Waals surface area contributed by atoms with Crippen LogP contribution in [0.15, 0.2) is 53.4 Å². The number of hydrogen-bond acceptors (Lipinski definition) is 5. The lowest BCUT2D eigenvalue weighted by Crippen LogP contribution is -2.32. The Morgan fingerprint density at radius 1 is 1.08 bits per heavy atom. The van der Waals surface area contributed by atoms with Gasteiger partial charge >= 0.3 is 0 Å². The van der Waals surface area contributed by atoms with Crippen LogP contribution in [-0.4, -0.2) is 45.9 Å². The molecule has 140 valence electrons. The summed E-state index contributed by atoms with van der Waals surface area (Å²) in [6.07, 6.45) is 0. The van der Waals surface area contributed by atoms with Crippen molar-refractivity contribution in [3.8, 4) is 5.75 Å². The second kappa shape index (κ2) is 8.20. The van der Waals surface area contributed by atoms with Gasteiger partial charge in [-0.2, -0.15) is 0 Å². The van der Waals surface area contributed by atoms with E-state index in [1.165, 1.54) is 26.2 Å². The van der Waals surface area contributed by atoms with Crippen molar-refractivity contribution in [2.24, 2.45) is 0 Å². The number of sulfonamides is 1. The third-order valence-corrected chi connectivity index (χ3v) is 5.56. The molecule has 2 aromatic rings. The first-order valence-electron chi connectivity index (χ1n) is 7.98. The Bertz CT molecular complexity index is 864. The number of benzene rings is 2. The van der Waals surface area contributed by atoms with E-state index < -0.39 is 16.1 Å². The van der Waals surface area contributed by atoms with Gasteiger partial charge in [-0.05, 0) is 49.4 Å². The Morgan fingerprint density at radius 3 is 2.31 bits per heavy atom. The fraction of sp³-hybridized carbons (Fsp3) is 0.278. The summed E-state index contributed by atoms with van der Waals surface area (Å²) in [6, 6.07) is 12.9. The lowest BCUT2D eigenvalue weighted by atomic mass is 10.2. The number of carbonyl (C=O) groups excluding carboxylic acids is 1. The van der Waals surface area contributed by atoms with Crippen LogP contribution in [0.25, 0.3) is 0 Å². The predicted molar refractivity (Wildman–Crippen MR) is 102 cm³/mol. The number of nitrogens with zero attached hydrogens (tertiary/aromatic N) is 1. The van der Waals surface area contributed by atoms with Crippen LogP contribution in [-0.2, 0) is 14.8 Å². The van der Waals surface area contributed by atoms with Gasteiger partial charge in [0, 0.05) is 25.5 Å². The molecule has 1 unspecified atom stereocenters. The first kappa shape index (κ1) is 19.7. The molecule has 0 fully saturated rings. The van der Waals surface area contributed by atoms with Gasteiger partial charge in [0.05, 0.1) is 12.0 Å². The zero-order valence-corrected chi connectivity index (χ0v) is 16.0. The van der Waals surface area contributed by atoms with Crippen molar-refractivity contribution in [3.05, 3.63) is 48.5 Å². The molecule has 0 aliphatic carbocycles. The molecule has 26 heavy (non-hydrogen) atoms. The number of nitrogens with one attached hydrogen (secondary N) is 2. The molecule has 0 spiro atoms. The molecule has 0 heterocycles. The zero-order valence-electron chi connectivity index (χ0n) is 15.2. The van der Waals surface area contributed by atoms with E-state index in [2.05, 4.69) is 10.6 Å². The highest BCUT2D eigenvalue weighted by Gasteiger charge is 2.18. The van der Waals surface area contributed by atoms with E-state index in [1.807, 2.05) is 12.1 Å². The van der Waals surface area contributed by atoms with Gasteiger partial charge in [-0.15, -0.1) is 0 Å². The molecule has 2 rings (SSSR count). The average molecular weight is 377 g/mol. The minimum absolute atomic E-state index is 0.121. The summed E-state index contributed by atoms with van der Waals surface area (Å²) < 4.78 is 30.6. The second-order valence-corrected chi connectivity index (χ2v) is 8.05. The molecule has 0 saturated carbocycles. The van der Waals surface area contributed by atoms with Gasteiger partial charge in [0.1, 0.15) is 11.8 Å². The second-order valence-electron chi connectivity index (χ2n) is 5.90. The Balaban J connectivity index is 2.06. The third-order valence-electron chi connectivity index (χ3n) is 3.75. The van der Waals surface area contributed by atoms with Crippen LogP contribution in [0.2, 0.25) is 0 Å². The van der Waals surface area contributed by atoms with Crippen LogP contribution < -0.4 is 15.4 Å². The van der Waals surface area contributed by atoms with Crippen LogP contribution in [0.1, 0.15) is 6.92 Å². The van der Waals surface area contributed by atoms with Crippen LogP contribution >= 0.6 is 0 Å². The number of amides is 1. The molecule has 0 aliphatic heterocycles. The summed E-state index contributed by atoms with van der Waals surface area (Å²) in [5.41, 5.74) is 1.19. The number of anilines is 2. The summed E-state index contributed by atoms with van der Waals surface area (Å²) in [7, 11) is 0.950. The van der Waals surface area contributed by atoms with Crippen LogP contribution in [0, 0.1) is 0 Å². The van der Waals surface area contributed by atoms with Crippen molar-refractivity contribution in [2.75, 3.05) is 31.8 Å². The van der Waals surface area contributed by atoms with Crippen LogP contribution in [0.5, 0.6) is 5.75 Å². The largest absolute Gasteiger partial charge is 0.497 e. The first-order valence-corrected chi connectivity index (χ1v) is 9.42. The molecule has 2 N–H and O–H groups in total. The van der Waals surface area contributed by atoms with Gasteiger partial charge in [-0.25, -0.2) is 12.7 Å². The molecule has 7 nitrogen and oxygen atoms in total. The van der Waals surface area contributed by atoms with E-state index in [1.54, 1.807) is 38.3 Å². The highest BCUT2D eigenvalue weighted by molar-refractivity contribution is 7.89. The maximum atomic E-state index is 12.4. The summed E-state index contributed by atoms with van der Waals surface area (Å²) >= 11 is 0. The summed E-state index contributed by atoms with van der Waals surface area (Å²) in [5.74, 6) is 0.451. The standard InChI is InChI=1S/C18H23N3O4S/c1-13(19-14-8-10-16(25-4)11-9-14)18(22)20-15-6-5-7-17(12-15)26(23,24)21(2)3/h5-13,19H,1-4H3,(H,20,22). The monoisotopic (exact) mass is 377 g/mol. The Hall–Kier alpha value is -2.58. The maximum Gasteiger partial charge on any atom is 0.246 e. The topological polar surface area (TPSA) is 87.7 Å². The third kappa shape index (κ3) is 4.74. The van der Waals surface area contributed by atoms with Crippen LogP contribution in [0.4, 0.5) is 11.4 Å². The molecule has 1 amide bonds. The van der Waals surface area contributed by atoms with Crippen molar-refractivity contribution >= 4 is 27.3 Å². The van der Waals surface area contributed by atoms with E-state index in [-0.39, 0.29) is 10.8 Å². The minimum atomic E-state index is -3.56. The molecule has 0 aliphatic rings. The van der Waals surface area contributed by atoms with E-state index in [4.69, 9.17) is 4.74 Å². The SMILES string of the molecule is COc1ccc(NC(C)C(=O)Nc2cccc(S(=O)(=O)N(C)C)c2)cc1. The summed E-state index contributed by atoms with van der Waals surface area (Å²) in [5, 5.41) is 5.81. The van der Waals surface area contributed by atoms with E-state index in [0.29, 0.717) is 5.69 Å². The summed E-state index contributed by atoms with van der Waals surface area (Å²) in [4.78, 5) is 12.5. The number of ether oxygens (including phenoxy) is 1. The quantitative estimate of drug-likeness (QED) is 0.774. The molecular formula is C18H23N3O4S. The Labute approximate surface area is 154 Å². The number of rotatable bonds is 7. The van der Waals surface area contributed by atoms with Crippen molar-refractivity contribution in [3.63, 3.8) is 0 Å². The molecule has 0 bridgehead atoms. The fourth-order valence-corrected chi connectivity index (χ4v) is 3.15. The molecule has 2 aromatic carbocycles. The Morgan fingerprint density at radius 2 is 1.73 bits per heavy atom. The lowest BCUT2D eigenvalue weighted by molar-refractivity contribution is -0.116. The average Bonchev–Trinajstić information content (AvgIpc) is 2.62. The minimum Gasteiger partial charge on any atom is -0.497 e. The summed E-state index contributed by atoms with van der Waals surface area (Å²) in [6.45, 7) is 1.72. The van der Waals surface area contributed by atoms with Crippen molar-refractivity contribution in [1.82, 2.24) is 4.31 Å². The highest BCUT2D eigenvalue weighted by Crippen LogP contribution is 2.19. The van der Waals surface area contributed by atoms with Gasteiger partial charge in [0.25, 0.3) is 0 Å². The van der Waals surface area contributed by atoms with E-state index in [9.17, 15) is 13.2 Å². The smallest absolute Gasteiger partial charge is 0.246 e. The maximum absolute atomic E-state index is 12.4. The van der Waals surface area contributed by atoms with Gasteiger partial charge in [-0.3, -0.25) is 4.79 Å². The number of methoxy groups -OCH3 is 1.